The van der Waals surface area contributed by atoms with Gasteiger partial charge in [0.25, 0.3) is 0 Å². The van der Waals surface area contributed by atoms with Crippen LogP contribution in [0.1, 0.15) is 0 Å². The minimum absolute atomic E-state index is 0.811. The molecule has 0 amide bonds. The molecule has 4 heteroatoms. The highest BCUT2D eigenvalue weighted by atomic mass is 79.9. The van der Waals surface area contributed by atoms with E-state index in [1.807, 2.05) is 6.07 Å². The van der Waals surface area contributed by atoms with Crippen molar-refractivity contribution >= 4 is 15.9 Å². The molecule has 0 fully saturated rings. The first kappa shape index (κ1) is 6.67. The van der Waals surface area contributed by atoms with Gasteiger partial charge in [0.2, 0.25) is 0 Å². The van der Waals surface area contributed by atoms with E-state index in [1.54, 1.807) is 18.7 Å². The number of H-pyrrole nitrogens is 1. The van der Waals surface area contributed by atoms with Gasteiger partial charge in [0.1, 0.15) is 16.7 Å². The molecule has 0 unspecified atom stereocenters. The van der Waals surface area contributed by atoms with E-state index in [4.69, 9.17) is 4.42 Å². The summed E-state index contributed by atoms with van der Waals surface area (Å²) in [7, 11) is 0. The van der Waals surface area contributed by atoms with Crippen molar-refractivity contribution in [1.82, 2.24) is 9.97 Å². The molecule has 56 valence electrons. The summed E-state index contributed by atoms with van der Waals surface area (Å²) >= 11 is 3.27. The van der Waals surface area contributed by atoms with Crippen molar-refractivity contribution in [3.8, 4) is 11.4 Å². The van der Waals surface area contributed by atoms with Crippen molar-refractivity contribution in [3.05, 3.63) is 29.4 Å². The third-order valence-corrected chi connectivity index (χ3v) is 1.74. The lowest BCUT2D eigenvalue weighted by Gasteiger charge is -1.85. The molecule has 0 radical (unpaired) electrons. The number of halogens is 1. The lowest BCUT2D eigenvalue weighted by atomic mass is 10.3. The van der Waals surface area contributed by atoms with Crippen molar-refractivity contribution in [2.24, 2.45) is 0 Å². The van der Waals surface area contributed by atoms with Gasteiger partial charge in [-0.05, 0) is 22.0 Å². The standard InChI is InChI=1S/C7H5BrN2O/c8-6-3-9-7(10-6)5-1-2-11-4-5/h1-4H,(H,9,10). The van der Waals surface area contributed by atoms with Crippen LogP contribution in [0, 0.1) is 0 Å². The number of nitrogens with one attached hydrogen (secondary N) is 1. The van der Waals surface area contributed by atoms with Crippen molar-refractivity contribution in [2.75, 3.05) is 0 Å². The van der Waals surface area contributed by atoms with Crippen LogP contribution in [0.15, 0.2) is 33.8 Å². The quantitative estimate of drug-likeness (QED) is 0.790. The van der Waals surface area contributed by atoms with Gasteiger partial charge >= 0.3 is 0 Å². The molecule has 0 spiro atoms. The highest BCUT2D eigenvalue weighted by Gasteiger charge is 2.01. The summed E-state index contributed by atoms with van der Waals surface area (Å²) in [5.74, 6) is 0.811. The molecule has 2 aromatic heterocycles. The van der Waals surface area contributed by atoms with Crippen LogP contribution in [-0.2, 0) is 0 Å². The van der Waals surface area contributed by atoms with Crippen LogP contribution >= 0.6 is 15.9 Å². The Bertz CT molecular complexity index is 339. The molecule has 0 aliphatic rings. The van der Waals surface area contributed by atoms with Crippen molar-refractivity contribution < 1.29 is 4.42 Å². The zero-order chi connectivity index (χ0) is 7.68. The maximum Gasteiger partial charge on any atom is 0.141 e. The molecule has 2 heterocycles. The zero-order valence-electron chi connectivity index (χ0n) is 5.54. The molecule has 0 bridgehead atoms. The van der Waals surface area contributed by atoms with Crippen LogP contribution in [0.3, 0.4) is 0 Å². The van der Waals surface area contributed by atoms with Gasteiger partial charge in [-0.2, -0.15) is 0 Å². The molecule has 2 aromatic rings. The second-order valence-electron chi connectivity index (χ2n) is 2.09. The molecular weight excluding hydrogens is 208 g/mol. The topological polar surface area (TPSA) is 41.8 Å². The Morgan fingerprint density at radius 1 is 1.55 bits per heavy atom. The number of furan rings is 1. The summed E-state index contributed by atoms with van der Waals surface area (Å²) in [6, 6.07) is 1.85. The van der Waals surface area contributed by atoms with Crippen molar-refractivity contribution in [1.29, 1.82) is 0 Å². The molecule has 2 rings (SSSR count). The maximum atomic E-state index is 4.90. The van der Waals surface area contributed by atoms with E-state index in [1.165, 1.54) is 0 Å². The molecule has 0 atom stereocenters. The predicted molar refractivity (Wildman–Crippen MR) is 44.0 cm³/mol. The lowest BCUT2D eigenvalue weighted by Crippen LogP contribution is -1.73. The third-order valence-electron chi connectivity index (χ3n) is 1.34. The highest BCUT2D eigenvalue weighted by molar-refractivity contribution is 9.10. The molecule has 0 saturated heterocycles. The van der Waals surface area contributed by atoms with Crippen molar-refractivity contribution in [3.63, 3.8) is 0 Å². The minimum Gasteiger partial charge on any atom is -0.472 e. The fourth-order valence-electron chi connectivity index (χ4n) is 0.845. The second-order valence-corrected chi connectivity index (χ2v) is 2.95. The first-order valence-electron chi connectivity index (χ1n) is 3.09. The van der Waals surface area contributed by atoms with Crippen LogP contribution in [0.2, 0.25) is 0 Å². The summed E-state index contributed by atoms with van der Waals surface area (Å²) in [5.41, 5.74) is 0.954. The van der Waals surface area contributed by atoms with Gasteiger partial charge in [0, 0.05) is 0 Å². The van der Waals surface area contributed by atoms with Crippen molar-refractivity contribution in [2.45, 2.75) is 0 Å². The summed E-state index contributed by atoms with van der Waals surface area (Å²) < 4.78 is 5.77. The Hall–Kier alpha value is -1.03. The Kier molecular flexibility index (Phi) is 1.54. The summed E-state index contributed by atoms with van der Waals surface area (Å²) in [6.07, 6.45) is 4.97. The van der Waals surface area contributed by atoms with E-state index < -0.39 is 0 Å². The van der Waals surface area contributed by atoms with E-state index in [0.717, 1.165) is 16.0 Å². The largest absolute Gasteiger partial charge is 0.472 e. The van der Waals surface area contributed by atoms with Crippen LogP contribution in [0.5, 0.6) is 0 Å². The molecule has 11 heavy (non-hydrogen) atoms. The molecule has 0 aliphatic heterocycles. The Morgan fingerprint density at radius 2 is 2.45 bits per heavy atom. The average Bonchev–Trinajstić information content (AvgIpc) is 2.55. The molecule has 0 aliphatic carbocycles. The van der Waals surface area contributed by atoms with Gasteiger partial charge < -0.3 is 9.40 Å². The van der Waals surface area contributed by atoms with Crippen LogP contribution in [0.4, 0.5) is 0 Å². The smallest absolute Gasteiger partial charge is 0.141 e. The SMILES string of the molecule is Brc1cnc(-c2ccoc2)[nH]1. The first-order valence-corrected chi connectivity index (χ1v) is 3.88. The number of hydrogen-bond donors (Lipinski definition) is 1. The predicted octanol–water partition coefficient (Wildman–Crippen LogP) is 2.43. The van der Waals surface area contributed by atoms with E-state index in [0.29, 0.717) is 0 Å². The first-order chi connectivity index (χ1) is 5.36. The Labute approximate surface area is 71.6 Å². The van der Waals surface area contributed by atoms with E-state index in [-0.39, 0.29) is 0 Å². The monoisotopic (exact) mass is 212 g/mol. The number of rotatable bonds is 1. The minimum atomic E-state index is 0.811. The van der Waals surface area contributed by atoms with Gasteiger partial charge in [-0.3, -0.25) is 0 Å². The fraction of sp³-hybridized carbons (Fsp3) is 0. The molecule has 1 N–H and O–H groups in total. The van der Waals surface area contributed by atoms with Crippen LogP contribution in [0.25, 0.3) is 11.4 Å². The summed E-state index contributed by atoms with van der Waals surface area (Å²) in [6.45, 7) is 0. The molecule has 0 saturated carbocycles. The number of nitrogens with zero attached hydrogens (tertiary/aromatic N) is 1. The van der Waals surface area contributed by atoms with Crippen LogP contribution in [-0.4, -0.2) is 9.97 Å². The number of aromatic nitrogens is 2. The normalized spacial score (nSPS) is 10.3. The van der Waals surface area contributed by atoms with E-state index in [9.17, 15) is 0 Å². The summed E-state index contributed by atoms with van der Waals surface area (Å²) in [4.78, 5) is 7.12. The van der Waals surface area contributed by atoms with Gasteiger partial charge in [-0.25, -0.2) is 4.98 Å². The van der Waals surface area contributed by atoms with Gasteiger partial charge in [0.15, 0.2) is 0 Å². The number of imidazole rings is 1. The summed E-state index contributed by atoms with van der Waals surface area (Å²) in [5, 5.41) is 0. The lowest BCUT2D eigenvalue weighted by molar-refractivity contribution is 0.568. The van der Waals surface area contributed by atoms with Crippen LogP contribution < -0.4 is 0 Å². The molecular formula is C7H5BrN2O. The molecule has 3 nitrogen and oxygen atoms in total. The number of hydrogen-bond acceptors (Lipinski definition) is 2. The van der Waals surface area contributed by atoms with E-state index in [2.05, 4.69) is 25.9 Å². The Balaban J connectivity index is 2.45. The van der Waals surface area contributed by atoms with Gasteiger partial charge in [0.05, 0.1) is 18.0 Å². The van der Waals surface area contributed by atoms with E-state index >= 15 is 0 Å². The maximum absolute atomic E-state index is 4.90. The Morgan fingerprint density at radius 3 is 3.00 bits per heavy atom. The van der Waals surface area contributed by atoms with Gasteiger partial charge in [-0.15, -0.1) is 0 Å². The highest BCUT2D eigenvalue weighted by Crippen LogP contribution is 2.17. The zero-order valence-corrected chi connectivity index (χ0v) is 7.13. The van der Waals surface area contributed by atoms with Gasteiger partial charge in [-0.1, -0.05) is 0 Å². The third kappa shape index (κ3) is 1.21. The second kappa shape index (κ2) is 2.54. The fourth-order valence-corrected chi connectivity index (χ4v) is 1.13. The average molecular weight is 213 g/mol. The number of aromatic amines is 1. The molecule has 0 aromatic carbocycles.